The van der Waals surface area contributed by atoms with Crippen LogP contribution in [0.4, 0.5) is 4.39 Å². The Morgan fingerprint density at radius 2 is 1.70 bits per heavy atom. The molecule has 5 nitrogen and oxygen atoms in total. The molecule has 0 aromatic heterocycles. The van der Waals surface area contributed by atoms with Gasteiger partial charge in [-0.05, 0) is 97.2 Å². The molecule has 0 heterocycles. The molecule has 0 radical (unpaired) electrons. The third-order valence-corrected chi connectivity index (χ3v) is 8.16. The van der Waals surface area contributed by atoms with E-state index in [4.69, 9.17) is 4.74 Å². The van der Waals surface area contributed by atoms with Crippen molar-refractivity contribution in [1.82, 2.24) is 10.2 Å². The first-order valence-corrected chi connectivity index (χ1v) is 15.2. The van der Waals surface area contributed by atoms with Crippen LogP contribution >= 0.6 is 0 Å². The van der Waals surface area contributed by atoms with Gasteiger partial charge < -0.3 is 15.0 Å². The summed E-state index contributed by atoms with van der Waals surface area (Å²) in [6, 6.07) is 14.7. The van der Waals surface area contributed by atoms with E-state index < -0.39 is 5.82 Å². The summed E-state index contributed by atoms with van der Waals surface area (Å²) in [5.74, 6) is -0.367. The number of carbonyl (C=O) groups excluding carboxylic acids is 2. The highest BCUT2D eigenvalue weighted by Crippen LogP contribution is 2.25. The van der Waals surface area contributed by atoms with Crippen molar-refractivity contribution in [2.45, 2.75) is 59.8 Å². The third kappa shape index (κ3) is 9.36. The molecule has 3 aromatic rings. The molecule has 1 unspecified atom stereocenters. The summed E-state index contributed by atoms with van der Waals surface area (Å²) in [7, 11) is 3.64. The minimum absolute atomic E-state index is 0.128. The van der Waals surface area contributed by atoms with Gasteiger partial charge in [-0.25, -0.2) is 4.39 Å². The average Bonchev–Trinajstić information content (AvgIpc) is 2.96. The van der Waals surface area contributed by atoms with E-state index in [1.54, 1.807) is 13.2 Å². The number of carbonyl (C=O) groups is 2. The van der Waals surface area contributed by atoms with Crippen LogP contribution in [0.15, 0.2) is 48.5 Å². The van der Waals surface area contributed by atoms with Gasteiger partial charge in [-0.15, -0.1) is 0 Å². The van der Waals surface area contributed by atoms with Crippen LogP contribution in [0.5, 0.6) is 0 Å². The number of ketones is 1. The lowest BCUT2D eigenvalue weighted by Gasteiger charge is -2.23. The number of methoxy groups -OCH3 is 1. The highest BCUT2D eigenvalue weighted by molar-refractivity contribution is 5.97. The topological polar surface area (TPSA) is 58.6 Å². The second kappa shape index (κ2) is 16.2. The Balaban J connectivity index is 1.63. The average molecular weight is 587 g/mol. The van der Waals surface area contributed by atoms with E-state index in [0.29, 0.717) is 37.5 Å². The van der Waals surface area contributed by atoms with E-state index in [9.17, 15) is 9.59 Å². The number of benzene rings is 3. The first-order valence-electron chi connectivity index (χ1n) is 15.2. The molecule has 0 saturated carbocycles. The van der Waals surface area contributed by atoms with Crippen LogP contribution in [-0.2, 0) is 4.74 Å². The Labute approximate surface area is 256 Å². The van der Waals surface area contributed by atoms with Crippen LogP contribution in [0.2, 0.25) is 0 Å². The molecule has 1 N–H and O–H groups in total. The molecule has 0 saturated heterocycles. The number of rotatable bonds is 15. The fourth-order valence-electron chi connectivity index (χ4n) is 5.52. The molecule has 1 atom stereocenters. The van der Waals surface area contributed by atoms with E-state index in [-0.39, 0.29) is 17.3 Å². The van der Waals surface area contributed by atoms with Gasteiger partial charge in [0.2, 0.25) is 0 Å². The van der Waals surface area contributed by atoms with Crippen molar-refractivity contribution in [3.63, 3.8) is 0 Å². The van der Waals surface area contributed by atoms with E-state index in [1.807, 2.05) is 57.3 Å². The summed E-state index contributed by atoms with van der Waals surface area (Å²) in [4.78, 5) is 27.8. The first kappa shape index (κ1) is 33.7. The van der Waals surface area contributed by atoms with Crippen molar-refractivity contribution in [2.24, 2.45) is 5.92 Å². The lowest BCUT2D eigenvalue weighted by atomic mass is 9.94. The maximum atomic E-state index is 15.0. The van der Waals surface area contributed by atoms with Gasteiger partial charge in [0.25, 0.3) is 5.91 Å². The number of amides is 1. The first-order chi connectivity index (χ1) is 20.5. The SMILES string of the molecule is C=c1ccc(C(=O)NCCOC)c(C)/c1=C/N(C)CC(CCC)CCCC(=O)c1ccc(-c2ccc(C)c(C)c2)cc1F. The summed E-state index contributed by atoms with van der Waals surface area (Å²) in [5, 5.41) is 4.69. The Morgan fingerprint density at radius 1 is 1.00 bits per heavy atom. The zero-order valence-electron chi connectivity index (χ0n) is 26.7. The van der Waals surface area contributed by atoms with Crippen LogP contribution in [0.25, 0.3) is 23.9 Å². The van der Waals surface area contributed by atoms with E-state index >= 15 is 4.39 Å². The van der Waals surface area contributed by atoms with Crippen molar-refractivity contribution < 1.29 is 18.7 Å². The maximum Gasteiger partial charge on any atom is 0.251 e. The number of nitrogens with zero attached hydrogens (tertiary/aromatic N) is 1. The predicted molar refractivity (Wildman–Crippen MR) is 175 cm³/mol. The van der Waals surface area contributed by atoms with Gasteiger partial charge in [0.15, 0.2) is 5.78 Å². The van der Waals surface area contributed by atoms with Crippen LogP contribution in [0, 0.1) is 32.5 Å². The largest absolute Gasteiger partial charge is 0.383 e. The molecule has 0 spiro atoms. The normalized spacial score (nSPS) is 12.3. The summed E-state index contributed by atoms with van der Waals surface area (Å²) in [6.45, 7) is 14.1. The van der Waals surface area contributed by atoms with Gasteiger partial charge >= 0.3 is 0 Å². The van der Waals surface area contributed by atoms with E-state index in [2.05, 4.69) is 36.8 Å². The molecule has 0 bridgehead atoms. The van der Waals surface area contributed by atoms with Gasteiger partial charge in [0, 0.05) is 50.6 Å². The molecule has 0 aliphatic rings. The zero-order chi connectivity index (χ0) is 31.5. The number of ether oxygens (including phenoxy) is 1. The Bertz CT molecular complexity index is 1530. The monoisotopic (exact) mass is 586 g/mol. The van der Waals surface area contributed by atoms with Crippen LogP contribution in [0.1, 0.15) is 76.4 Å². The van der Waals surface area contributed by atoms with Crippen LogP contribution in [0.3, 0.4) is 0 Å². The number of aryl methyl sites for hydroxylation is 2. The highest BCUT2D eigenvalue weighted by atomic mass is 19.1. The van der Waals surface area contributed by atoms with Crippen molar-refractivity contribution in [1.29, 1.82) is 0 Å². The fourth-order valence-corrected chi connectivity index (χ4v) is 5.52. The second-order valence-electron chi connectivity index (χ2n) is 11.6. The summed E-state index contributed by atoms with van der Waals surface area (Å²) in [5.41, 5.74) is 5.74. The van der Waals surface area contributed by atoms with Crippen molar-refractivity contribution in [3.05, 3.63) is 92.6 Å². The summed E-state index contributed by atoms with van der Waals surface area (Å²) >= 11 is 0. The van der Waals surface area contributed by atoms with Crippen molar-refractivity contribution in [2.75, 3.05) is 33.9 Å². The Kier molecular flexibility index (Phi) is 12.7. The minimum atomic E-state index is -0.464. The number of hydrogen-bond acceptors (Lipinski definition) is 4. The number of Topliss-reactive ketones (excluding diaryl/α,β-unsaturated/α-hetero) is 1. The minimum Gasteiger partial charge on any atom is -0.383 e. The maximum absolute atomic E-state index is 15.0. The van der Waals surface area contributed by atoms with Crippen molar-refractivity contribution in [3.8, 4) is 11.1 Å². The standard InChI is InChI=1S/C37H47FN2O3/c1-8-10-29(23-40(6)24-34-26(3)14-17-32(28(34)5)37(42)39-19-20-43-7)11-9-12-36(41)33-18-16-31(22-35(33)38)30-15-13-25(2)27(4)21-30/h13-18,21-22,24,29H,3,8-12,19-20,23H2,1-2,4-7H3,(H,39,42)/b34-24+. The molecule has 1 amide bonds. The van der Waals surface area contributed by atoms with Crippen LogP contribution in [-0.4, -0.2) is 50.4 Å². The third-order valence-electron chi connectivity index (χ3n) is 8.16. The van der Waals surface area contributed by atoms with Crippen LogP contribution < -0.4 is 15.8 Å². The van der Waals surface area contributed by atoms with Crippen molar-refractivity contribution >= 4 is 24.5 Å². The number of hydrogen-bond donors (Lipinski definition) is 1. The van der Waals surface area contributed by atoms with E-state index in [0.717, 1.165) is 58.5 Å². The fraction of sp³-hybridized carbons (Fsp3) is 0.405. The number of nitrogens with one attached hydrogen (secondary N) is 1. The highest BCUT2D eigenvalue weighted by Gasteiger charge is 2.16. The number of halogens is 1. The molecular formula is C37H47FN2O3. The molecule has 0 aliphatic carbocycles. The van der Waals surface area contributed by atoms with Gasteiger partial charge in [-0.3, -0.25) is 9.59 Å². The van der Waals surface area contributed by atoms with Gasteiger partial charge in [-0.2, -0.15) is 0 Å². The summed E-state index contributed by atoms with van der Waals surface area (Å²) in [6.07, 6.45) is 6.02. The molecule has 3 rings (SSSR count). The zero-order valence-corrected chi connectivity index (χ0v) is 26.7. The van der Waals surface area contributed by atoms with Gasteiger partial charge in [-0.1, -0.05) is 50.3 Å². The van der Waals surface area contributed by atoms with Gasteiger partial charge in [0.1, 0.15) is 5.82 Å². The predicted octanol–water partition coefficient (Wildman–Crippen LogP) is 6.34. The molecular weight excluding hydrogens is 539 g/mol. The molecule has 43 heavy (non-hydrogen) atoms. The molecule has 6 heteroatoms. The smallest absolute Gasteiger partial charge is 0.251 e. The molecule has 0 fully saturated rings. The van der Waals surface area contributed by atoms with E-state index in [1.165, 1.54) is 11.6 Å². The summed E-state index contributed by atoms with van der Waals surface area (Å²) < 4.78 is 20.0. The van der Waals surface area contributed by atoms with Gasteiger partial charge in [0.05, 0.1) is 12.2 Å². The Hall–Kier alpha value is -3.77. The lowest BCUT2D eigenvalue weighted by molar-refractivity contribution is 0.0934. The quantitative estimate of drug-likeness (QED) is 0.167. The molecule has 0 aliphatic heterocycles. The second-order valence-corrected chi connectivity index (χ2v) is 11.6. The Morgan fingerprint density at radius 3 is 2.37 bits per heavy atom. The molecule has 3 aromatic carbocycles. The lowest BCUT2D eigenvalue weighted by Crippen LogP contribution is -2.35. The molecule has 230 valence electrons.